The number of nitrogens with zero attached hydrogens (tertiary/aromatic N) is 2. The largest absolute Gasteiger partial charge is 0.393 e. The summed E-state index contributed by atoms with van der Waals surface area (Å²) in [7, 11) is 1.83. The van der Waals surface area contributed by atoms with Gasteiger partial charge in [-0.2, -0.15) is 0 Å². The van der Waals surface area contributed by atoms with Crippen molar-refractivity contribution in [2.24, 2.45) is 5.73 Å². The molecule has 1 rings (SSSR count). The summed E-state index contributed by atoms with van der Waals surface area (Å²) in [6.07, 6.45) is 0.687. The third-order valence-electron chi connectivity index (χ3n) is 2.61. The summed E-state index contributed by atoms with van der Waals surface area (Å²) in [5.74, 6) is 0.172. The van der Waals surface area contributed by atoms with Crippen molar-refractivity contribution in [1.29, 1.82) is 0 Å². The van der Waals surface area contributed by atoms with Gasteiger partial charge in [0.15, 0.2) is 0 Å². The molecule has 0 aromatic rings. The molecule has 1 fully saturated rings. The molecule has 1 atom stereocenters. The number of carbonyl (C=O) groups is 1. The van der Waals surface area contributed by atoms with Crippen molar-refractivity contribution < 1.29 is 4.79 Å². The number of thiocarbonyl (C=S) groups is 1. The van der Waals surface area contributed by atoms with Crippen LogP contribution in [-0.4, -0.2) is 53.4 Å². The molecule has 4 nitrogen and oxygen atoms in total. The molecule has 1 aliphatic heterocycles. The monoisotopic (exact) mass is 215 g/mol. The summed E-state index contributed by atoms with van der Waals surface area (Å²) in [6.45, 7) is 4.24. The Bertz CT molecular complexity index is 244. The normalized spacial score (nSPS) is 21.0. The lowest BCUT2D eigenvalue weighted by atomic mass is 10.1. The van der Waals surface area contributed by atoms with Gasteiger partial charge in [0.25, 0.3) is 0 Å². The number of rotatable bonds is 3. The first-order valence-electron chi connectivity index (χ1n) is 4.77. The number of amides is 1. The van der Waals surface area contributed by atoms with Gasteiger partial charge in [0, 0.05) is 32.6 Å². The summed E-state index contributed by atoms with van der Waals surface area (Å²) in [4.78, 5) is 15.8. The topological polar surface area (TPSA) is 49.6 Å². The number of piperazine rings is 1. The van der Waals surface area contributed by atoms with Crippen molar-refractivity contribution in [2.75, 3.05) is 26.7 Å². The standard InChI is InChI=1S/C9H17N3OS/c1-7(5-8(10)14)12-4-3-11(2)9(13)6-12/h7H,3-6H2,1-2H3,(H2,10,14). The van der Waals surface area contributed by atoms with Crippen molar-refractivity contribution in [2.45, 2.75) is 19.4 Å². The molecule has 2 N–H and O–H groups in total. The smallest absolute Gasteiger partial charge is 0.236 e. The predicted molar refractivity (Wildman–Crippen MR) is 60.1 cm³/mol. The maximum Gasteiger partial charge on any atom is 0.236 e. The Morgan fingerprint density at radius 3 is 2.79 bits per heavy atom. The van der Waals surface area contributed by atoms with Crippen LogP contribution in [-0.2, 0) is 4.79 Å². The summed E-state index contributed by atoms with van der Waals surface area (Å²) in [5, 5.41) is 0. The molecular weight excluding hydrogens is 198 g/mol. The van der Waals surface area contributed by atoms with Gasteiger partial charge in [-0.15, -0.1) is 0 Å². The van der Waals surface area contributed by atoms with E-state index in [2.05, 4.69) is 11.8 Å². The van der Waals surface area contributed by atoms with Crippen LogP contribution in [0.25, 0.3) is 0 Å². The van der Waals surface area contributed by atoms with E-state index in [1.807, 2.05) is 7.05 Å². The van der Waals surface area contributed by atoms with Crippen molar-refractivity contribution >= 4 is 23.1 Å². The molecule has 0 saturated carbocycles. The summed E-state index contributed by atoms with van der Waals surface area (Å²) in [5.41, 5.74) is 5.47. The van der Waals surface area contributed by atoms with Crippen LogP contribution in [0.15, 0.2) is 0 Å². The molecule has 0 bridgehead atoms. The SMILES string of the molecule is CC(CC(N)=S)N1CCN(C)C(=O)C1. The van der Waals surface area contributed by atoms with E-state index in [1.54, 1.807) is 4.90 Å². The Kier molecular flexibility index (Phi) is 3.83. The third kappa shape index (κ3) is 2.92. The summed E-state index contributed by atoms with van der Waals surface area (Å²) in [6, 6.07) is 0.269. The Hall–Kier alpha value is -0.680. The second-order valence-corrected chi connectivity index (χ2v) is 4.33. The average molecular weight is 215 g/mol. The van der Waals surface area contributed by atoms with Gasteiger partial charge in [0.05, 0.1) is 11.5 Å². The number of hydrogen-bond donors (Lipinski definition) is 1. The van der Waals surface area contributed by atoms with Gasteiger partial charge >= 0.3 is 0 Å². The number of carbonyl (C=O) groups excluding carboxylic acids is 1. The third-order valence-corrected chi connectivity index (χ3v) is 2.77. The lowest BCUT2D eigenvalue weighted by molar-refractivity contribution is -0.135. The maximum absolute atomic E-state index is 11.4. The van der Waals surface area contributed by atoms with Gasteiger partial charge in [-0.1, -0.05) is 12.2 Å². The zero-order valence-electron chi connectivity index (χ0n) is 8.69. The minimum Gasteiger partial charge on any atom is -0.393 e. The summed E-state index contributed by atoms with van der Waals surface area (Å²) >= 11 is 4.85. The zero-order valence-corrected chi connectivity index (χ0v) is 9.51. The fraction of sp³-hybridized carbons (Fsp3) is 0.778. The van der Waals surface area contributed by atoms with Crippen LogP contribution >= 0.6 is 12.2 Å². The molecule has 5 heteroatoms. The summed E-state index contributed by atoms with van der Waals surface area (Å²) < 4.78 is 0. The highest BCUT2D eigenvalue weighted by Gasteiger charge is 2.24. The van der Waals surface area contributed by atoms with E-state index >= 15 is 0 Å². The first-order chi connectivity index (χ1) is 6.50. The molecule has 14 heavy (non-hydrogen) atoms. The minimum absolute atomic E-state index is 0.172. The number of hydrogen-bond acceptors (Lipinski definition) is 3. The van der Waals surface area contributed by atoms with Gasteiger partial charge in [-0.25, -0.2) is 0 Å². The van der Waals surface area contributed by atoms with Crippen LogP contribution < -0.4 is 5.73 Å². The molecule has 1 aliphatic rings. The maximum atomic E-state index is 11.4. The molecule has 1 heterocycles. The molecular formula is C9H17N3OS. The van der Waals surface area contributed by atoms with Crippen LogP contribution in [0.1, 0.15) is 13.3 Å². The van der Waals surface area contributed by atoms with E-state index in [9.17, 15) is 4.79 Å². The van der Waals surface area contributed by atoms with Crippen LogP contribution in [0.4, 0.5) is 0 Å². The molecule has 1 saturated heterocycles. The molecule has 0 aliphatic carbocycles. The van der Waals surface area contributed by atoms with E-state index in [-0.39, 0.29) is 11.9 Å². The highest BCUT2D eigenvalue weighted by Crippen LogP contribution is 2.08. The quantitative estimate of drug-likeness (QED) is 0.664. The van der Waals surface area contributed by atoms with Crippen LogP contribution in [0.3, 0.4) is 0 Å². The number of nitrogens with two attached hydrogens (primary N) is 1. The van der Waals surface area contributed by atoms with Crippen LogP contribution in [0, 0.1) is 0 Å². The first kappa shape index (κ1) is 11.4. The second-order valence-electron chi connectivity index (χ2n) is 3.81. The average Bonchev–Trinajstić information content (AvgIpc) is 2.08. The molecule has 80 valence electrons. The molecule has 0 aromatic heterocycles. The van der Waals surface area contributed by atoms with Crippen LogP contribution in [0.2, 0.25) is 0 Å². The van der Waals surface area contributed by atoms with Crippen molar-refractivity contribution in [3.8, 4) is 0 Å². The Balaban J connectivity index is 2.46. The van der Waals surface area contributed by atoms with Gasteiger partial charge < -0.3 is 10.6 Å². The second kappa shape index (κ2) is 4.70. The highest BCUT2D eigenvalue weighted by molar-refractivity contribution is 7.80. The molecule has 1 unspecified atom stereocenters. The molecule has 0 spiro atoms. The Labute approximate surface area is 90.0 Å². The zero-order chi connectivity index (χ0) is 10.7. The molecule has 0 radical (unpaired) electrons. The molecule has 1 amide bonds. The first-order valence-corrected chi connectivity index (χ1v) is 5.18. The van der Waals surface area contributed by atoms with Gasteiger partial charge in [-0.3, -0.25) is 9.69 Å². The lowest BCUT2D eigenvalue weighted by Gasteiger charge is -2.35. The van der Waals surface area contributed by atoms with Crippen molar-refractivity contribution in [1.82, 2.24) is 9.80 Å². The van der Waals surface area contributed by atoms with Gasteiger partial charge in [-0.05, 0) is 6.92 Å². The van der Waals surface area contributed by atoms with Crippen LogP contribution in [0.5, 0.6) is 0 Å². The van der Waals surface area contributed by atoms with Gasteiger partial charge in [0.2, 0.25) is 5.91 Å². The Morgan fingerprint density at radius 2 is 2.29 bits per heavy atom. The number of likely N-dealkylation sites (N-methyl/N-ethyl adjacent to an activating group) is 1. The Morgan fingerprint density at radius 1 is 1.64 bits per heavy atom. The van der Waals surface area contributed by atoms with E-state index in [4.69, 9.17) is 18.0 Å². The predicted octanol–water partition coefficient (Wildman–Crippen LogP) is -0.175. The lowest BCUT2D eigenvalue weighted by Crippen LogP contribution is -2.52. The highest BCUT2D eigenvalue weighted by atomic mass is 32.1. The van der Waals surface area contributed by atoms with Gasteiger partial charge in [0.1, 0.15) is 0 Å². The van der Waals surface area contributed by atoms with E-state index in [0.717, 1.165) is 13.1 Å². The fourth-order valence-corrected chi connectivity index (χ4v) is 1.81. The fourth-order valence-electron chi connectivity index (χ4n) is 1.57. The van der Waals surface area contributed by atoms with E-state index in [1.165, 1.54) is 0 Å². The van der Waals surface area contributed by atoms with E-state index in [0.29, 0.717) is 18.0 Å². The minimum atomic E-state index is 0.172. The van der Waals surface area contributed by atoms with E-state index < -0.39 is 0 Å². The van der Waals surface area contributed by atoms with Crippen molar-refractivity contribution in [3.63, 3.8) is 0 Å². The molecule has 0 aromatic carbocycles. The van der Waals surface area contributed by atoms with Crippen molar-refractivity contribution in [3.05, 3.63) is 0 Å².